The third kappa shape index (κ3) is 3.20. The van der Waals surface area contributed by atoms with Gasteiger partial charge in [0.25, 0.3) is 0 Å². The van der Waals surface area contributed by atoms with Crippen molar-refractivity contribution in [2.75, 3.05) is 0 Å². The lowest BCUT2D eigenvalue weighted by Crippen LogP contribution is -2.43. The Balaban J connectivity index is 1.99. The van der Waals surface area contributed by atoms with Gasteiger partial charge in [0.15, 0.2) is 0 Å². The molecule has 1 aliphatic carbocycles. The van der Waals surface area contributed by atoms with Crippen LogP contribution in [0.1, 0.15) is 44.6 Å². The van der Waals surface area contributed by atoms with Gasteiger partial charge in [-0.3, -0.25) is 0 Å². The molecule has 1 aliphatic rings. The van der Waals surface area contributed by atoms with Gasteiger partial charge in [0.2, 0.25) is 0 Å². The van der Waals surface area contributed by atoms with Crippen LogP contribution in [-0.4, -0.2) is 5.54 Å². The summed E-state index contributed by atoms with van der Waals surface area (Å²) in [6.07, 6.45) is 6.28. The number of halogens is 2. The van der Waals surface area contributed by atoms with Gasteiger partial charge < -0.3 is 5.32 Å². The molecule has 1 saturated carbocycles. The highest BCUT2D eigenvalue weighted by Crippen LogP contribution is 2.28. The lowest BCUT2D eigenvalue weighted by Gasteiger charge is -2.35. The average molecular weight is 256 g/mol. The summed E-state index contributed by atoms with van der Waals surface area (Å²) in [5, 5.41) is 3.78. The number of rotatable bonds is 3. The maximum absolute atomic E-state index is 13.3. The van der Waals surface area contributed by atoms with Gasteiger partial charge in [-0.25, -0.2) is 4.39 Å². The van der Waals surface area contributed by atoms with E-state index in [0.29, 0.717) is 6.54 Å². The van der Waals surface area contributed by atoms with Crippen LogP contribution in [0.5, 0.6) is 0 Å². The van der Waals surface area contributed by atoms with Gasteiger partial charge in [0.1, 0.15) is 5.82 Å². The Morgan fingerprint density at radius 3 is 2.71 bits per heavy atom. The maximum Gasteiger partial charge on any atom is 0.142 e. The number of nitrogens with one attached hydrogen (secondary N) is 1. The topological polar surface area (TPSA) is 12.0 Å². The summed E-state index contributed by atoms with van der Waals surface area (Å²) in [5.41, 5.74) is 1.03. The van der Waals surface area contributed by atoms with E-state index in [1.54, 1.807) is 6.07 Å². The quantitative estimate of drug-likeness (QED) is 0.850. The third-order valence-electron chi connectivity index (χ3n) is 3.69. The van der Waals surface area contributed by atoms with Gasteiger partial charge in [-0.1, -0.05) is 43.0 Å². The average Bonchev–Trinajstić information content (AvgIpc) is 2.32. The lowest BCUT2D eigenvalue weighted by molar-refractivity contribution is 0.252. The fourth-order valence-corrected chi connectivity index (χ4v) is 2.70. The second-order valence-corrected chi connectivity index (χ2v) is 5.57. The molecule has 0 aromatic heterocycles. The molecule has 1 N–H and O–H groups in total. The molecule has 2 rings (SSSR count). The fourth-order valence-electron chi connectivity index (χ4n) is 2.50. The lowest BCUT2D eigenvalue weighted by atomic mass is 9.83. The second-order valence-electron chi connectivity index (χ2n) is 5.19. The van der Waals surface area contributed by atoms with Gasteiger partial charge in [0, 0.05) is 12.1 Å². The van der Waals surface area contributed by atoms with Gasteiger partial charge >= 0.3 is 0 Å². The summed E-state index contributed by atoms with van der Waals surface area (Å²) in [6.45, 7) is 2.90. The molecule has 1 aromatic rings. The Morgan fingerprint density at radius 1 is 1.29 bits per heavy atom. The van der Waals surface area contributed by atoms with Crippen LogP contribution >= 0.6 is 11.6 Å². The molecule has 1 fully saturated rings. The van der Waals surface area contributed by atoms with E-state index in [4.69, 9.17) is 11.6 Å². The number of hydrogen-bond acceptors (Lipinski definition) is 1. The molecule has 0 atom stereocenters. The van der Waals surface area contributed by atoms with Crippen molar-refractivity contribution in [1.29, 1.82) is 0 Å². The van der Waals surface area contributed by atoms with E-state index in [-0.39, 0.29) is 16.4 Å². The largest absolute Gasteiger partial charge is 0.307 e. The van der Waals surface area contributed by atoms with Crippen LogP contribution in [0.3, 0.4) is 0 Å². The molecule has 0 spiro atoms. The van der Waals surface area contributed by atoms with Gasteiger partial charge in [0.05, 0.1) is 5.02 Å². The van der Waals surface area contributed by atoms with Gasteiger partial charge in [-0.2, -0.15) is 0 Å². The molecule has 0 aliphatic heterocycles. The second kappa shape index (κ2) is 5.36. The predicted octanol–water partition coefficient (Wildman–Crippen LogP) is 4.29. The van der Waals surface area contributed by atoms with Crippen molar-refractivity contribution >= 4 is 11.6 Å². The maximum atomic E-state index is 13.3. The monoisotopic (exact) mass is 255 g/mol. The van der Waals surface area contributed by atoms with E-state index >= 15 is 0 Å². The molecule has 0 heterocycles. The zero-order valence-corrected chi connectivity index (χ0v) is 11.0. The number of benzene rings is 1. The molecular weight excluding hydrogens is 237 g/mol. The zero-order valence-electron chi connectivity index (χ0n) is 10.2. The molecule has 1 aromatic carbocycles. The Bertz CT molecular complexity index is 386. The zero-order chi connectivity index (χ0) is 12.3. The van der Waals surface area contributed by atoms with Crippen molar-refractivity contribution < 1.29 is 4.39 Å². The minimum Gasteiger partial charge on any atom is -0.307 e. The molecular formula is C14H19ClFN. The first-order chi connectivity index (χ1) is 8.11. The van der Waals surface area contributed by atoms with E-state index in [1.165, 1.54) is 38.2 Å². The Hall–Kier alpha value is -0.600. The molecule has 17 heavy (non-hydrogen) atoms. The first-order valence-corrected chi connectivity index (χ1v) is 6.66. The van der Waals surface area contributed by atoms with Crippen LogP contribution in [0, 0.1) is 5.82 Å². The number of hydrogen-bond donors (Lipinski definition) is 1. The van der Waals surface area contributed by atoms with Crippen molar-refractivity contribution in [2.24, 2.45) is 0 Å². The molecule has 0 amide bonds. The van der Waals surface area contributed by atoms with Crippen LogP contribution in [0.2, 0.25) is 5.02 Å². The fraction of sp³-hybridized carbons (Fsp3) is 0.571. The molecule has 3 heteroatoms. The summed E-state index contributed by atoms with van der Waals surface area (Å²) in [5.74, 6) is -0.334. The van der Waals surface area contributed by atoms with Crippen LogP contribution < -0.4 is 5.32 Å². The summed E-state index contributed by atoms with van der Waals surface area (Å²) in [7, 11) is 0. The summed E-state index contributed by atoms with van der Waals surface area (Å²) in [6, 6.07) is 4.99. The third-order valence-corrected chi connectivity index (χ3v) is 4.12. The van der Waals surface area contributed by atoms with Crippen LogP contribution in [0.15, 0.2) is 18.2 Å². The van der Waals surface area contributed by atoms with Crippen molar-refractivity contribution in [3.8, 4) is 0 Å². The molecule has 0 bridgehead atoms. The molecule has 0 saturated heterocycles. The Labute approximate surface area is 107 Å². The van der Waals surface area contributed by atoms with Crippen molar-refractivity contribution in [3.63, 3.8) is 0 Å². The minimum absolute atomic E-state index is 0.188. The molecule has 0 unspecified atom stereocenters. The molecule has 1 nitrogen and oxygen atoms in total. The van der Waals surface area contributed by atoms with E-state index in [0.717, 1.165) is 5.56 Å². The SMILES string of the molecule is CC1(NCc2cccc(F)c2Cl)CCCCC1. The standard InChI is InChI=1S/C14H19ClFN/c1-14(8-3-2-4-9-14)17-10-11-6-5-7-12(16)13(11)15/h5-7,17H,2-4,8-10H2,1H3. The van der Waals surface area contributed by atoms with Crippen molar-refractivity contribution in [1.82, 2.24) is 5.32 Å². The van der Waals surface area contributed by atoms with Crippen molar-refractivity contribution in [2.45, 2.75) is 51.1 Å². The van der Waals surface area contributed by atoms with Gasteiger partial charge in [-0.15, -0.1) is 0 Å². The van der Waals surface area contributed by atoms with Crippen LogP contribution in [-0.2, 0) is 6.54 Å². The van der Waals surface area contributed by atoms with Gasteiger partial charge in [-0.05, 0) is 31.4 Å². The van der Waals surface area contributed by atoms with E-state index in [1.807, 2.05) is 6.07 Å². The van der Waals surface area contributed by atoms with Crippen LogP contribution in [0.4, 0.5) is 4.39 Å². The minimum atomic E-state index is -0.334. The first kappa shape index (κ1) is 12.8. The smallest absolute Gasteiger partial charge is 0.142 e. The van der Waals surface area contributed by atoms with Crippen molar-refractivity contribution in [3.05, 3.63) is 34.6 Å². The normalized spacial score (nSPS) is 19.2. The van der Waals surface area contributed by atoms with Crippen LogP contribution in [0.25, 0.3) is 0 Å². The van der Waals surface area contributed by atoms with E-state index in [2.05, 4.69) is 12.2 Å². The Kier molecular flexibility index (Phi) is 4.05. The van der Waals surface area contributed by atoms with E-state index < -0.39 is 0 Å². The highest BCUT2D eigenvalue weighted by Gasteiger charge is 2.26. The predicted molar refractivity (Wildman–Crippen MR) is 69.7 cm³/mol. The summed E-state index contributed by atoms with van der Waals surface area (Å²) >= 11 is 5.94. The highest BCUT2D eigenvalue weighted by molar-refractivity contribution is 6.31. The molecule has 94 valence electrons. The first-order valence-electron chi connectivity index (χ1n) is 6.29. The highest BCUT2D eigenvalue weighted by atomic mass is 35.5. The van der Waals surface area contributed by atoms with E-state index in [9.17, 15) is 4.39 Å². The summed E-state index contributed by atoms with van der Waals surface area (Å²) in [4.78, 5) is 0. The Morgan fingerprint density at radius 2 is 2.00 bits per heavy atom. The molecule has 0 radical (unpaired) electrons. The summed E-state index contributed by atoms with van der Waals surface area (Å²) < 4.78 is 13.3.